The van der Waals surface area contributed by atoms with Gasteiger partial charge in [-0.1, -0.05) is 11.6 Å². The van der Waals surface area contributed by atoms with E-state index in [2.05, 4.69) is 17.6 Å². The number of nitrogens with zero attached hydrogens (tertiary/aromatic N) is 1. The molecule has 0 spiro atoms. The lowest BCUT2D eigenvalue weighted by Crippen LogP contribution is -2.48. The summed E-state index contributed by atoms with van der Waals surface area (Å²) in [6.07, 6.45) is 2.76. The number of carbonyl (C=O) groups excluding carboxylic acids is 1. The fourth-order valence-electron chi connectivity index (χ4n) is 2.32. The van der Waals surface area contributed by atoms with Gasteiger partial charge in [0.25, 0.3) is 5.91 Å². The summed E-state index contributed by atoms with van der Waals surface area (Å²) in [6.45, 7) is 7.89. The number of nitrogens with one attached hydrogen (secondary N) is 2. The van der Waals surface area contributed by atoms with E-state index in [4.69, 9.17) is 11.6 Å². The Bertz CT molecular complexity index is 447. The Kier molecular flexibility index (Phi) is 3.69. The fourth-order valence-corrected chi connectivity index (χ4v) is 2.53. The molecule has 0 saturated carbocycles. The molecule has 1 saturated heterocycles. The van der Waals surface area contributed by atoms with Gasteiger partial charge in [-0.2, -0.15) is 0 Å². The third-order valence-corrected chi connectivity index (χ3v) is 3.59. The molecular formula is C13H20ClN3O. The molecule has 4 nitrogen and oxygen atoms in total. The van der Waals surface area contributed by atoms with Gasteiger partial charge in [0.1, 0.15) is 5.69 Å². The molecule has 1 aliphatic rings. The highest BCUT2D eigenvalue weighted by molar-refractivity contribution is 6.31. The first-order valence-corrected chi connectivity index (χ1v) is 6.70. The number of halogens is 1. The summed E-state index contributed by atoms with van der Waals surface area (Å²) in [4.78, 5) is 12.3. The van der Waals surface area contributed by atoms with Crippen LogP contribution >= 0.6 is 11.6 Å². The van der Waals surface area contributed by atoms with E-state index in [0.29, 0.717) is 10.7 Å². The van der Waals surface area contributed by atoms with Gasteiger partial charge in [0.2, 0.25) is 0 Å². The molecule has 1 aliphatic heterocycles. The molecule has 1 aromatic heterocycles. The summed E-state index contributed by atoms with van der Waals surface area (Å²) in [7, 11) is 0. The molecule has 2 N–H and O–H groups in total. The number of hydrogen-bond donors (Lipinski definition) is 2. The van der Waals surface area contributed by atoms with Crippen molar-refractivity contribution in [2.45, 2.75) is 38.8 Å². The van der Waals surface area contributed by atoms with Gasteiger partial charge in [-0.15, -0.1) is 0 Å². The molecule has 18 heavy (non-hydrogen) atoms. The van der Waals surface area contributed by atoms with Crippen LogP contribution in [-0.2, 0) is 0 Å². The Morgan fingerprint density at radius 3 is 2.89 bits per heavy atom. The third kappa shape index (κ3) is 2.70. The number of amides is 1. The minimum Gasteiger partial charge on any atom is -0.344 e. The van der Waals surface area contributed by atoms with Crippen LogP contribution in [0.15, 0.2) is 12.3 Å². The van der Waals surface area contributed by atoms with Gasteiger partial charge >= 0.3 is 0 Å². The molecule has 100 valence electrons. The average molecular weight is 270 g/mol. The highest BCUT2D eigenvalue weighted by Crippen LogP contribution is 2.20. The maximum absolute atomic E-state index is 12.3. The quantitative estimate of drug-likeness (QED) is 0.884. The van der Waals surface area contributed by atoms with E-state index in [1.165, 1.54) is 0 Å². The lowest BCUT2D eigenvalue weighted by molar-refractivity contribution is 0.0902. The lowest BCUT2D eigenvalue weighted by Gasteiger charge is -2.25. The minimum atomic E-state index is -0.157. The number of aromatic nitrogens is 1. The van der Waals surface area contributed by atoms with E-state index in [0.717, 1.165) is 19.5 Å². The van der Waals surface area contributed by atoms with Crippen LogP contribution in [0, 0.1) is 0 Å². The van der Waals surface area contributed by atoms with Crippen molar-refractivity contribution in [3.63, 3.8) is 0 Å². The summed E-state index contributed by atoms with van der Waals surface area (Å²) >= 11 is 5.99. The van der Waals surface area contributed by atoms with Crippen molar-refractivity contribution in [1.29, 1.82) is 0 Å². The van der Waals surface area contributed by atoms with Crippen LogP contribution in [-0.4, -0.2) is 29.1 Å². The van der Waals surface area contributed by atoms with E-state index < -0.39 is 0 Å². The molecule has 1 aromatic rings. The van der Waals surface area contributed by atoms with Gasteiger partial charge in [0.15, 0.2) is 0 Å². The van der Waals surface area contributed by atoms with E-state index >= 15 is 0 Å². The zero-order chi connectivity index (χ0) is 13.3. The van der Waals surface area contributed by atoms with E-state index in [1.54, 1.807) is 12.3 Å². The summed E-state index contributed by atoms with van der Waals surface area (Å²) in [5.74, 6) is -0.0539. The first-order valence-electron chi connectivity index (χ1n) is 6.32. The Balaban J connectivity index is 2.18. The highest BCUT2D eigenvalue weighted by atomic mass is 35.5. The topological polar surface area (TPSA) is 46.1 Å². The predicted octanol–water partition coefficient (Wildman–Crippen LogP) is 2.20. The Morgan fingerprint density at radius 1 is 1.61 bits per heavy atom. The summed E-state index contributed by atoms with van der Waals surface area (Å²) in [5.41, 5.74) is 0.471. The first kappa shape index (κ1) is 13.4. The number of carbonyl (C=O) groups is 1. The van der Waals surface area contributed by atoms with Gasteiger partial charge in [-0.3, -0.25) is 4.79 Å². The molecule has 1 unspecified atom stereocenters. The van der Waals surface area contributed by atoms with E-state index in [1.807, 2.05) is 18.4 Å². The van der Waals surface area contributed by atoms with Crippen LogP contribution in [0.25, 0.3) is 0 Å². The summed E-state index contributed by atoms with van der Waals surface area (Å²) < 4.78 is 1.91. The maximum Gasteiger partial charge on any atom is 0.268 e. The van der Waals surface area contributed by atoms with Crippen LogP contribution in [0.5, 0.6) is 0 Å². The zero-order valence-corrected chi connectivity index (χ0v) is 11.8. The SMILES string of the molecule is CC(C)n1cc(Cl)cc1C(=O)NC1(C)CCNC1. The second-order valence-electron chi connectivity index (χ2n) is 5.49. The molecule has 2 rings (SSSR count). The molecule has 0 aliphatic carbocycles. The molecule has 1 atom stereocenters. The zero-order valence-electron chi connectivity index (χ0n) is 11.1. The van der Waals surface area contributed by atoms with Crippen molar-refractivity contribution in [3.05, 3.63) is 23.0 Å². The average Bonchev–Trinajstić information content (AvgIpc) is 2.85. The number of rotatable bonds is 3. The molecule has 2 heterocycles. The molecule has 1 amide bonds. The van der Waals surface area contributed by atoms with Crippen molar-refractivity contribution < 1.29 is 4.79 Å². The van der Waals surface area contributed by atoms with Gasteiger partial charge in [-0.05, 0) is 39.8 Å². The second-order valence-corrected chi connectivity index (χ2v) is 5.92. The summed E-state index contributed by atoms with van der Waals surface area (Å²) in [6, 6.07) is 1.94. The molecule has 0 aromatic carbocycles. The lowest BCUT2D eigenvalue weighted by atomic mass is 10.0. The normalized spacial score (nSPS) is 23.6. The smallest absolute Gasteiger partial charge is 0.268 e. The van der Waals surface area contributed by atoms with Gasteiger partial charge in [-0.25, -0.2) is 0 Å². The van der Waals surface area contributed by atoms with E-state index in [9.17, 15) is 4.79 Å². The molecular weight excluding hydrogens is 250 g/mol. The Labute approximate surface area is 113 Å². The van der Waals surface area contributed by atoms with Crippen LogP contribution in [0.2, 0.25) is 5.02 Å². The molecule has 1 fully saturated rings. The standard InChI is InChI=1S/C13H20ClN3O/c1-9(2)17-7-10(14)6-11(17)12(18)16-13(3)4-5-15-8-13/h6-7,9,15H,4-5,8H2,1-3H3,(H,16,18). The third-order valence-electron chi connectivity index (χ3n) is 3.39. The fraction of sp³-hybridized carbons (Fsp3) is 0.615. The van der Waals surface area contributed by atoms with Crippen molar-refractivity contribution >= 4 is 17.5 Å². The monoisotopic (exact) mass is 269 g/mol. The highest BCUT2D eigenvalue weighted by Gasteiger charge is 2.31. The van der Waals surface area contributed by atoms with Crippen LogP contribution in [0.4, 0.5) is 0 Å². The van der Waals surface area contributed by atoms with Crippen LogP contribution < -0.4 is 10.6 Å². The van der Waals surface area contributed by atoms with Gasteiger partial charge < -0.3 is 15.2 Å². The van der Waals surface area contributed by atoms with Gasteiger partial charge in [0, 0.05) is 18.8 Å². The second kappa shape index (κ2) is 4.94. The van der Waals surface area contributed by atoms with Crippen LogP contribution in [0.1, 0.15) is 43.7 Å². The first-order chi connectivity index (χ1) is 8.41. The molecule has 5 heteroatoms. The maximum atomic E-state index is 12.3. The van der Waals surface area contributed by atoms with Crippen LogP contribution in [0.3, 0.4) is 0 Å². The largest absolute Gasteiger partial charge is 0.344 e. The minimum absolute atomic E-state index is 0.0539. The Morgan fingerprint density at radius 2 is 2.33 bits per heavy atom. The van der Waals surface area contributed by atoms with Gasteiger partial charge in [0.05, 0.1) is 10.6 Å². The van der Waals surface area contributed by atoms with Crippen molar-refractivity contribution in [3.8, 4) is 0 Å². The van der Waals surface area contributed by atoms with Crippen molar-refractivity contribution in [2.75, 3.05) is 13.1 Å². The summed E-state index contributed by atoms with van der Waals surface area (Å²) in [5, 5.41) is 6.96. The van der Waals surface area contributed by atoms with Crippen molar-refractivity contribution in [1.82, 2.24) is 15.2 Å². The predicted molar refractivity (Wildman–Crippen MR) is 73.2 cm³/mol. The molecule has 0 bridgehead atoms. The Hall–Kier alpha value is -1.00. The van der Waals surface area contributed by atoms with E-state index in [-0.39, 0.29) is 17.5 Å². The number of hydrogen-bond acceptors (Lipinski definition) is 2. The van der Waals surface area contributed by atoms with Crippen molar-refractivity contribution in [2.24, 2.45) is 0 Å². The molecule has 0 radical (unpaired) electrons.